The fraction of sp³-hybridized carbons (Fsp3) is 0.500. The maximum absolute atomic E-state index is 5.46. The van der Waals surface area contributed by atoms with E-state index in [2.05, 4.69) is 15.5 Å². The van der Waals surface area contributed by atoms with Gasteiger partial charge in [-0.3, -0.25) is 0 Å². The first-order valence-electron chi connectivity index (χ1n) is 7.50. The highest BCUT2D eigenvalue weighted by molar-refractivity contribution is 5.63. The van der Waals surface area contributed by atoms with Gasteiger partial charge in [-0.2, -0.15) is 4.98 Å². The topological polar surface area (TPSA) is 60.2 Å². The smallest absolute Gasteiger partial charge is 0.261 e. The second-order valence-corrected chi connectivity index (χ2v) is 5.52. The number of aromatic nitrogens is 2. The molecule has 1 aliphatic rings. The lowest BCUT2D eigenvalue weighted by Crippen LogP contribution is -2.21. The minimum atomic E-state index is 0.195. The molecule has 5 nitrogen and oxygen atoms in total. The molecule has 0 saturated carbocycles. The number of aryl methyl sites for hydroxylation is 1. The summed E-state index contributed by atoms with van der Waals surface area (Å²) in [5, 5.41) is 7.65. The summed E-state index contributed by atoms with van der Waals surface area (Å²) in [6, 6.07) is 6.14. The third-order valence-corrected chi connectivity index (χ3v) is 3.90. The number of nitrogens with zero attached hydrogens (tertiary/aromatic N) is 2. The van der Waals surface area contributed by atoms with E-state index in [0.717, 1.165) is 35.7 Å². The van der Waals surface area contributed by atoms with Gasteiger partial charge in [-0.25, -0.2) is 0 Å². The van der Waals surface area contributed by atoms with E-state index in [9.17, 15) is 0 Å². The summed E-state index contributed by atoms with van der Waals surface area (Å²) in [5.74, 6) is 2.02. The largest absolute Gasteiger partial charge is 0.496 e. The fourth-order valence-electron chi connectivity index (χ4n) is 2.72. The van der Waals surface area contributed by atoms with E-state index in [4.69, 9.17) is 9.26 Å². The van der Waals surface area contributed by atoms with Gasteiger partial charge >= 0.3 is 0 Å². The van der Waals surface area contributed by atoms with Gasteiger partial charge in [-0.1, -0.05) is 29.6 Å². The van der Waals surface area contributed by atoms with Gasteiger partial charge in [0, 0.05) is 0 Å². The summed E-state index contributed by atoms with van der Waals surface area (Å²) in [4.78, 5) is 4.58. The van der Waals surface area contributed by atoms with Gasteiger partial charge < -0.3 is 14.6 Å². The zero-order chi connectivity index (χ0) is 14.7. The predicted molar refractivity (Wildman–Crippen MR) is 80.2 cm³/mol. The Kier molecular flexibility index (Phi) is 4.20. The quantitative estimate of drug-likeness (QED) is 0.939. The van der Waals surface area contributed by atoms with E-state index < -0.39 is 0 Å². The number of nitrogens with one attached hydrogen (secondary N) is 1. The van der Waals surface area contributed by atoms with Gasteiger partial charge in [0.15, 0.2) is 5.82 Å². The molecule has 21 heavy (non-hydrogen) atoms. The van der Waals surface area contributed by atoms with Crippen LogP contribution in [0.4, 0.5) is 0 Å². The Morgan fingerprint density at radius 1 is 1.29 bits per heavy atom. The van der Waals surface area contributed by atoms with E-state index in [1.807, 2.05) is 25.1 Å². The number of benzene rings is 1. The Morgan fingerprint density at radius 3 is 3.05 bits per heavy atom. The first-order chi connectivity index (χ1) is 10.3. The molecule has 112 valence electrons. The maximum atomic E-state index is 5.46. The molecule has 5 heteroatoms. The molecule has 0 aliphatic carbocycles. The molecule has 1 N–H and O–H groups in total. The summed E-state index contributed by atoms with van der Waals surface area (Å²) in [6.45, 7) is 3.05. The van der Waals surface area contributed by atoms with Crippen LogP contribution >= 0.6 is 0 Å². The lowest BCUT2D eigenvalue weighted by molar-refractivity contribution is 0.394. The van der Waals surface area contributed by atoms with Crippen LogP contribution in [0.1, 0.15) is 43.1 Å². The molecule has 0 radical (unpaired) electrons. The minimum absolute atomic E-state index is 0.195. The number of hydrogen-bond acceptors (Lipinski definition) is 5. The fourth-order valence-corrected chi connectivity index (χ4v) is 2.72. The van der Waals surface area contributed by atoms with Crippen LogP contribution in [0.2, 0.25) is 0 Å². The van der Waals surface area contributed by atoms with Gasteiger partial charge in [0.05, 0.1) is 18.7 Å². The molecule has 1 fully saturated rings. The van der Waals surface area contributed by atoms with Crippen molar-refractivity contribution in [3.05, 3.63) is 29.6 Å². The summed E-state index contributed by atoms with van der Waals surface area (Å²) >= 11 is 0. The lowest BCUT2D eigenvalue weighted by Gasteiger charge is -2.10. The van der Waals surface area contributed by atoms with Crippen molar-refractivity contribution in [2.24, 2.45) is 0 Å². The third-order valence-electron chi connectivity index (χ3n) is 3.90. The Labute approximate surface area is 124 Å². The zero-order valence-corrected chi connectivity index (χ0v) is 12.6. The van der Waals surface area contributed by atoms with Crippen molar-refractivity contribution < 1.29 is 9.26 Å². The molecule has 1 saturated heterocycles. The second-order valence-electron chi connectivity index (χ2n) is 5.52. The second kappa shape index (κ2) is 6.26. The highest BCUT2D eigenvalue weighted by Gasteiger charge is 2.21. The maximum Gasteiger partial charge on any atom is 0.261 e. The van der Waals surface area contributed by atoms with Crippen molar-refractivity contribution in [2.75, 3.05) is 13.7 Å². The van der Waals surface area contributed by atoms with Gasteiger partial charge in [0.2, 0.25) is 0 Å². The molecular formula is C16H21N3O2. The molecule has 1 unspecified atom stereocenters. The van der Waals surface area contributed by atoms with Crippen molar-refractivity contribution in [3.8, 4) is 17.2 Å². The van der Waals surface area contributed by atoms with Gasteiger partial charge in [0.1, 0.15) is 5.75 Å². The molecule has 1 aromatic heterocycles. The number of rotatable bonds is 3. The van der Waals surface area contributed by atoms with E-state index in [0.29, 0.717) is 5.89 Å². The van der Waals surface area contributed by atoms with Gasteiger partial charge in [0.25, 0.3) is 5.89 Å². The van der Waals surface area contributed by atoms with E-state index in [-0.39, 0.29) is 6.04 Å². The summed E-state index contributed by atoms with van der Waals surface area (Å²) in [7, 11) is 1.65. The Bertz CT molecular complexity index is 601. The van der Waals surface area contributed by atoms with Crippen LogP contribution in [0, 0.1) is 6.92 Å². The Morgan fingerprint density at radius 2 is 2.19 bits per heavy atom. The first-order valence-corrected chi connectivity index (χ1v) is 7.50. The SMILES string of the molecule is COc1ccc(C)cc1-c1nc(C2CCCCCN2)no1. The first kappa shape index (κ1) is 14.1. The number of methoxy groups -OCH3 is 1. The molecule has 0 spiro atoms. The van der Waals surface area contributed by atoms with Crippen molar-refractivity contribution in [2.45, 2.75) is 38.6 Å². The molecule has 0 bridgehead atoms. The van der Waals surface area contributed by atoms with Crippen molar-refractivity contribution in [1.82, 2.24) is 15.5 Å². The molecule has 1 aliphatic heterocycles. The predicted octanol–water partition coefficient (Wildman–Crippen LogP) is 3.26. The van der Waals surface area contributed by atoms with E-state index in [1.165, 1.54) is 19.3 Å². The summed E-state index contributed by atoms with van der Waals surface area (Å²) < 4.78 is 10.8. The van der Waals surface area contributed by atoms with Gasteiger partial charge in [-0.15, -0.1) is 0 Å². The van der Waals surface area contributed by atoms with Crippen molar-refractivity contribution >= 4 is 0 Å². The van der Waals surface area contributed by atoms with Crippen LogP contribution in [0.15, 0.2) is 22.7 Å². The van der Waals surface area contributed by atoms with E-state index >= 15 is 0 Å². The normalized spacial score (nSPS) is 19.2. The molecule has 1 atom stereocenters. The molecule has 3 rings (SSSR count). The summed E-state index contributed by atoms with van der Waals surface area (Å²) in [5.41, 5.74) is 1.99. The highest BCUT2D eigenvalue weighted by atomic mass is 16.5. The van der Waals surface area contributed by atoms with Crippen LogP contribution in [-0.2, 0) is 0 Å². The van der Waals surface area contributed by atoms with Crippen molar-refractivity contribution in [3.63, 3.8) is 0 Å². The van der Waals surface area contributed by atoms with Gasteiger partial charge in [-0.05, 0) is 38.4 Å². The minimum Gasteiger partial charge on any atom is -0.496 e. The number of hydrogen-bond donors (Lipinski definition) is 1. The highest BCUT2D eigenvalue weighted by Crippen LogP contribution is 2.31. The molecule has 2 aromatic rings. The number of ether oxygens (including phenoxy) is 1. The molecule has 0 amide bonds. The molecule has 1 aromatic carbocycles. The average Bonchev–Trinajstić information content (AvgIpc) is 2.83. The zero-order valence-electron chi connectivity index (χ0n) is 12.6. The Hall–Kier alpha value is -1.88. The van der Waals surface area contributed by atoms with Crippen LogP contribution in [-0.4, -0.2) is 23.8 Å². The van der Waals surface area contributed by atoms with Crippen molar-refractivity contribution in [1.29, 1.82) is 0 Å². The van der Waals surface area contributed by atoms with Crippen LogP contribution < -0.4 is 10.1 Å². The molecule has 2 heterocycles. The van der Waals surface area contributed by atoms with Crippen LogP contribution in [0.25, 0.3) is 11.5 Å². The molecular weight excluding hydrogens is 266 g/mol. The summed E-state index contributed by atoms with van der Waals surface area (Å²) in [6.07, 6.45) is 4.74. The van der Waals surface area contributed by atoms with Crippen LogP contribution in [0.5, 0.6) is 5.75 Å². The van der Waals surface area contributed by atoms with Crippen LogP contribution in [0.3, 0.4) is 0 Å². The third kappa shape index (κ3) is 3.08. The average molecular weight is 287 g/mol. The van der Waals surface area contributed by atoms with E-state index in [1.54, 1.807) is 7.11 Å². The monoisotopic (exact) mass is 287 g/mol. The standard InChI is InChI=1S/C16H21N3O2/c1-11-7-8-14(20-2)12(10-11)16-18-15(19-21-16)13-6-4-3-5-9-17-13/h7-8,10,13,17H,3-6,9H2,1-2H3. The Balaban J connectivity index is 1.89. The lowest BCUT2D eigenvalue weighted by atomic mass is 10.1.